The summed E-state index contributed by atoms with van der Waals surface area (Å²) in [6.07, 6.45) is 3.81. The van der Waals surface area contributed by atoms with E-state index >= 15 is 0 Å². The summed E-state index contributed by atoms with van der Waals surface area (Å²) in [5.41, 5.74) is 2.25. The second-order valence-electron chi connectivity index (χ2n) is 7.34. The first kappa shape index (κ1) is 18.4. The second kappa shape index (κ2) is 6.83. The molecule has 1 atom stereocenters. The van der Waals surface area contributed by atoms with E-state index in [2.05, 4.69) is 30.2 Å². The van der Waals surface area contributed by atoms with Gasteiger partial charge in [-0.25, -0.2) is 14.4 Å². The molecule has 0 spiro atoms. The number of oxazole rings is 1. The van der Waals surface area contributed by atoms with Crippen LogP contribution in [-0.4, -0.2) is 52.3 Å². The summed E-state index contributed by atoms with van der Waals surface area (Å²) in [5.74, 6) is -0.963. The number of aromatic nitrogens is 7. The quantitative estimate of drug-likeness (QED) is 0.457. The van der Waals surface area contributed by atoms with Crippen molar-refractivity contribution in [2.75, 3.05) is 6.54 Å². The highest BCUT2D eigenvalue weighted by Gasteiger charge is 2.39. The maximum atomic E-state index is 14.2. The highest BCUT2D eigenvalue weighted by molar-refractivity contribution is 5.90. The minimum Gasteiger partial charge on any atom is -0.435 e. The maximum Gasteiger partial charge on any atom is 0.312 e. The van der Waals surface area contributed by atoms with Gasteiger partial charge in [0.05, 0.1) is 12.0 Å². The van der Waals surface area contributed by atoms with Crippen LogP contribution in [0.3, 0.4) is 0 Å². The van der Waals surface area contributed by atoms with Crippen LogP contribution in [0.2, 0.25) is 0 Å². The summed E-state index contributed by atoms with van der Waals surface area (Å²) in [7, 11) is 1.76. The fourth-order valence-electron chi connectivity index (χ4n) is 3.86. The molecule has 1 aliphatic heterocycles. The average Bonchev–Trinajstić information content (AvgIpc) is 3.57. The van der Waals surface area contributed by atoms with Crippen molar-refractivity contribution in [3.63, 3.8) is 0 Å². The van der Waals surface area contributed by atoms with E-state index in [1.54, 1.807) is 42.5 Å². The summed E-state index contributed by atoms with van der Waals surface area (Å²) in [5, 5.41) is 12.1. The molecule has 0 unspecified atom stereocenters. The molecule has 160 valence electrons. The van der Waals surface area contributed by atoms with Gasteiger partial charge < -0.3 is 18.7 Å². The lowest BCUT2D eigenvalue weighted by molar-refractivity contribution is 0.0627. The number of imidazole rings is 1. The largest absolute Gasteiger partial charge is 0.435 e. The zero-order valence-corrected chi connectivity index (χ0v) is 16.7. The van der Waals surface area contributed by atoms with Gasteiger partial charge in [-0.3, -0.25) is 9.48 Å². The van der Waals surface area contributed by atoms with E-state index in [1.807, 2.05) is 0 Å². The van der Waals surface area contributed by atoms with Gasteiger partial charge >= 0.3 is 11.8 Å². The summed E-state index contributed by atoms with van der Waals surface area (Å²) in [6, 6.07) is 5.40. The molecule has 0 radical (unpaired) electrons. The Morgan fingerprint density at radius 1 is 1.25 bits per heavy atom. The lowest BCUT2D eigenvalue weighted by atomic mass is 10.0. The molecule has 0 saturated heterocycles. The van der Waals surface area contributed by atoms with Gasteiger partial charge in [-0.1, -0.05) is 6.07 Å². The number of H-pyrrole nitrogens is 1. The Labute approximate surface area is 178 Å². The minimum absolute atomic E-state index is 0.0211. The Hall–Kier alpha value is -4.35. The van der Waals surface area contributed by atoms with Crippen LogP contribution in [0, 0.1) is 5.82 Å². The summed E-state index contributed by atoms with van der Waals surface area (Å²) in [4.78, 5) is 26.7. The number of rotatable bonds is 3. The van der Waals surface area contributed by atoms with E-state index in [0.717, 1.165) is 5.69 Å². The molecule has 5 aromatic rings. The zero-order valence-electron chi connectivity index (χ0n) is 16.7. The van der Waals surface area contributed by atoms with Crippen molar-refractivity contribution in [3.05, 3.63) is 65.8 Å². The summed E-state index contributed by atoms with van der Waals surface area (Å²) in [6.45, 7) is 0.321. The highest BCUT2D eigenvalue weighted by atomic mass is 19.1. The van der Waals surface area contributed by atoms with Crippen LogP contribution in [0.5, 0.6) is 0 Å². The molecule has 0 saturated carbocycles. The number of nitrogens with one attached hydrogen (secondary N) is 1. The summed E-state index contributed by atoms with van der Waals surface area (Å²) >= 11 is 0. The smallest absolute Gasteiger partial charge is 0.312 e. The van der Waals surface area contributed by atoms with Crippen molar-refractivity contribution >= 4 is 17.0 Å². The third-order valence-corrected chi connectivity index (χ3v) is 5.34. The number of carbonyl (C=O) groups is 1. The van der Waals surface area contributed by atoms with Crippen LogP contribution in [0.15, 0.2) is 45.6 Å². The fraction of sp³-hybridized carbons (Fsp3) is 0.200. The van der Waals surface area contributed by atoms with Gasteiger partial charge in [0, 0.05) is 31.9 Å². The Bertz CT molecular complexity index is 1460. The molecule has 5 heterocycles. The molecular weight excluding hydrogens is 419 g/mol. The molecule has 0 bridgehead atoms. The van der Waals surface area contributed by atoms with Gasteiger partial charge in [0.1, 0.15) is 11.2 Å². The summed E-state index contributed by atoms with van der Waals surface area (Å²) < 4.78 is 27.1. The lowest BCUT2D eigenvalue weighted by Crippen LogP contribution is -2.41. The molecule has 1 amide bonds. The van der Waals surface area contributed by atoms with Crippen LogP contribution >= 0.6 is 0 Å². The Morgan fingerprint density at radius 2 is 2.16 bits per heavy atom. The molecule has 4 aromatic heterocycles. The SMILES string of the molecule is Cn1ccc(-c2nnc(C(=O)N3CCc4[nH]cnc4[C@H]3c3nc4cccc(F)c4o3)o2)n1. The molecule has 0 fully saturated rings. The van der Waals surface area contributed by atoms with E-state index in [-0.39, 0.29) is 23.3 Å². The van der Waals surface area contributed by atoms with Crippen molar-refractivity contribution in [1.82, 2.24) is 39.8 Å². The Morgan fingerprint density at radius 3 is 2.97 bits per heavy atom. The standard InChI is InChI=1S/C20H15FN8O3/c1-28-7-5-13(27-28)17-25-26-19(32-17)20(30)29-8-6-11-14(23-9-22-11)15(29)18-24-12-4-2-3-10(21)16(12)31-18/h2-5,7,9,15H,6,8H2,1H3,(H,22,23)/t15-/m0/s1. The first-order chi connectivity index (χ1) is 15.6. The molecule has 32 heavy (non-hydrogen) atoms. The first-order valence-corrected chi connectivity index (χ1v) is 9.80. The van der Waals surface area contributed by atoms with Crippen LogP contribution in [0.1, 0.15) is 34.0 Å². The number of carbonyl (C=O) groups excluding carboxylic acids is 1. The topological polar surface area (TPSA) is 132 Å². The minimum atomic E-state index is -0.783. The molecular formula is C20H15FN8O3. The van der Waals surface area contributed by atoms with Gasteiger partial charge in [0.2, 0.25) is 5.89 Å². The predicted octanol–water partition coefficient (Wildman–Crippen LogP) is 2.26. The number of amides is 1. The van der Waals surface area contributed by atoms with Crippen molar-refractivity contribution < 1.29 is 18.0 Å². The van der Waals surface area contributed by atoms with Gasteiger partial charge in [-0.15, -0.1) is 10.2 Å². The molecule has 11 nitrogen and oxygen atoms in total. The second-order valence-corrected chi connectivity index (χ2v) is 7.34. The van der Waals surface area contributed by atoms with Gasteiger partial charge in [-0.05, 0) is 18.2 Å². The van der Waals surface area contributed by atoms with E-state index < -0.39 is 17.8 Å². The van der Waals surface area contributed by atoms with Crippen molar-refractivity contribution in [2.24, 2.45) is 7.05 Å². The predicted molar refractivity (Wildman–Crippen MR) is 106 cm³/mol. The number of para-hydroxylation sites is 1. The van der Waals surface area contributed by atoms with Crippen LogP contribution in [0.4, 0.5) is 4.39 Å². The number of hydrogen-bond donors (Lipinski definition) is 1. The van der Waals surface area contributed by atoms with Crippen molar-refractivity contribution in [3.8, 4) is 11.6 Å². The van der Waals surface area contributed by atoms with E-state index in [4.69, 9.17) is 8.83 Å². The lowest BCUT2D eigenvalue weighted by Gasteiger charge is -2.31. The molecule has 0 aliphatic carbocycles. The fourth-order valence-corrected chi connectivity index (χ4v) is 3.86. The normalized spacial score (nSPS) is 15.9. The number of nitrogens with zero attached hydrogens (tertiary/aromatic N) is 7. The third kappa shape index (κ3) is 2.80. The van der Waals surface area contributed by atoms with E-state index in [9.17, 15) is 9.18 Å². The Balaban J connectivity index is 1.41. The third-order valence-electron chi connectivity index (χ3n) is 5.34. The molecule has 6 rings (SSSR count). The highest BCUT2D eigenvalue weighted by Crippen LogP contribution is 2.36. The van der Waals surface area contributed by atoms with Crippen LogP contribution < -0.4 is 0 Å². The maximum absolute atomic E-state index is 14.2. The number of benzene rings is 1. The van der Waals surface area contributed by atoms with E-state index in [0.29, 0.717) is 29.9 Å². The average molecular weight is 434 g/mol. The monoisotopic (exact) mass is 434 g/mol. The van der Waals surface area contributed by atoms with Gasteiger partial charge in [0.25, 0.3) is 5.89 Å². The number of aryl methyl sites for hydroxylation is 1. The molecule has 1 aliphatic rings. The number of aromatic amines is 1. The van der Waals surface area contributed by atoms with Crippen LogP contribution in [0.25, 0.3) is 22.7 Å². The van der Waals surface area contributed by atoms with Crippen molar-refractivity contribution in [1.29, 1.82) is 0 Å². The number of halogens is 1. The molecule has 12 heteroatoms. The molecule has 1 N–H and O–H groups in total. The number of hydrogen-bond acceptors (Lipinski definition) is 8. The Kier molecular flexibility index (Phi) is 3.93. The van der Waals surface area contributed by atoms with E-state index in [1.165, 1.54) is 11.0 Å². The van der Waals surface area contributed by atoms with Gasteiger partial charge in [-0.2, -0.15) is 5.10 Å². The number of fused-ring (bicyclic) bond motifs is 2. The van der Waals surface area contributed by atoms with Crippen molar-refractivity contribution in [2.45, 2.75) is 12.5 Å². The van der Waals surface area contributed by atoms with Crippen LogP contribution in [-0.2, 0) is 13.5 Å². The zero-order chi connectivity index (χ0) is 21.8. The first-order valence-electron chi connectivity index (χ1n) is 9.80. The molecule has 1 aromatic carbocycles. The van der Waals surface area contributed by atoms with Gasteiger partial charge in [0.15, 0.2) is 17.4 Å².